The van der Waals surface area contributed by atoms with Gasteiger partial charge in [-0.25, -0.2) is 4.79 Å². The summed E-state index contributed by atoms with van der Waals surface area (Å²) in [5.74, 6) is 0. The van der Waals surface area contributed by atoms with Crippen LogP contribution in [-0.2, 0) is 4.74 Å². The first-order valence-corrected chi connectivity index (χ1v) is 3.68. The molecule has 0 fully saturated rings. The number of methoxy groups -OCH3 is 1. The molecule has 0 unspecified atom stereocenters. The topological polar surface area (TPSA) is 29.5 Å². The normalized spacial score (nSPS) is 9.10. The quantitative estimate of drug-likeness (QED) is 0.470. The average Bonchev–Trinajstić information content (AvgIpc) is 1.99. The molecular formula is C6H12ClNO2. The van der Waals surface area contributed by atoms with Crippen LogP contribution in [-0.4, -0.2) is 30.7 Å². The Balaban J connectivity index is 3.68. The van der Waals surface area contributed by atoms with E-state index in [1.165, 1.54) is 12.0 Å². The lowest BCUT2D eigenvalue weighted by molar-refractivity contribution is 0.130. The summed E-state index contributed by atoms with van der Waals surface area (Å²) in [6, 6.07) is 0.195. The summed E-state index contributed by atoms with van der Waals surface area (Å²) in [5, 5.41) is 0. The van der Waals surface area contributed by atoms with E-state index < -0.39 is 0 Å². The first-order valence-electron chi connectivity index (χ1n) is 3.15. The molecule has 0 aliphatic rings. The lowest BCUT2D eigenvalue weighted by Crippen LogP contribution is -2.30. The van der Waals surface area contributed by atoms with E-state index in [0.717, 1.165) is 6.42 Å². The van der Waals surface area contributed by atoms with Gasteiger partial charge in [-0.1, -0.05) is 6.92 Å². The molecule has 0 aliphatic carbocycles. The summed E-state index contributed by atoms with van der Waals surface area (Å²) in [6.07, 6.45) is 0.527. The maximum atomic E-state index is 10.8. The van der Waals surface area contributed by atoms with Gasteiger partial charge in [0.15, 0.2) is 0 Å². The van der Waals surface area contributed by atoms with Crippen LogP contribution in [0.1, 0.15) is 13.3 Å². The fourth-order valence-corrected chi connectivity index (χ4v) is 0.816. The van der Waals surface area contributed by atoms with E-state index >= 15 is 0 Å². The Bertz CT molecular complexity index is 108. The second kappa shape index (κ2) is 5.35. The highest BCUT2D eigenvalue weighted by atomic mass is 35.5. The van der Waals surface area contributed by atoms with Gasteiger partial charge in [-0.05, 0) is 6.42 Å². The fraction of sp³-hybridized carbons (Fsp3) is 0.833. The van der Waals surface area contributed by atoms with Crippen molar-refractivity contribution >= 4 is 17.7 Å². The highest BCUT2D eigenvalue weighted by Gasteiger charge is 2.09. The molecule has 0 atom stereocenters. The third-order valence-corrected chi connectivity index (χ3v) is 1.36. The fourth-order valence-electron chi connectivity index (χ4n) is 0.599. The van der Waals surface area contributed by atoms with Crippen LogP contribution in [0.25, 0.3) is 0 Å². The zero-order valence-corrected chi connectivity index (χ0v) is 7.02. The highest BCUT2D eigenvalue weighted by Crippen LogP contribution is 1.96. The van der Waals surface area contributed by atoms with E-state index in [0.29, 0.717) is 6.54 Å². The van der Waals surface area contributed by atoms with E-state index in [1.54, 1.807) is 0 Å². The standard InChI is InChI=1S/C6H12ClNO2/c1-3-4-8(5-7)6(9)10-2/h3-5H2,1-2H3. The van der Waals surface area contributed by atoms with Gasteiger partial charge in [0.05, 0.1) is 13.1 Å². The van der Waals surface area contributed by atoms with E-state index in [9.17, 15) is 4.79 Å². The van der Waals surface area contributed by atoms with E-state index in [4.69, 9.17) is 11.6 Å². The Hall–Kier alpha value is -0.440. The lowest BCUT2D eigenvalue weighted by Gasteiger charge is -2.16. The van der Waals surface area contributed by atoms with Gasteiger partial charge in [-0.2, -0.15) is 0 Å². The van der Waals surface area contributed by atoms with Crippen LogP contribution in [0.3, 0.4) is 0 Å². The maximum absolute atomic E-state index is 10.8. The molecule has 10 heavy (non-hydrogen) atoms. The van der Waals surface area contributed by atoms with Crippen molar-refractivity contribution in [3.63, 3.8) is 0 Å². The largest absolute Gasteiger partial charge is 0.453 e. The van der Waals surface area contributed by atoms with Crippen LogP contribution >= 0.6 is 11.6 Å². The van der Waals surface area contributed by atoms with Gasteiger partial charge in [0.25, 0.3) is 0 Å². The van der Waals surface area contributed by atoms with Crippen molar-refractivity contribution in [1.29, 1.82) is 0 Å². The molecule has 0 radical (unpaired) electrons. The summed E-state index contributed by atoms with van der Waals surface area (Å²) in [6.45, 7) is 2.62. The first kappa shape index (κ1) is 9.56. The molecule has 0 N–H and O–H groups in total. The van der Waals surface area contributed by atoms with E-state index in [-0.39, 0.29) is 12.1 Å². The van der Waals surface area contributed by atoms with Crippen LogP contribution in [0.5, 0.6) is 0 Å². The van der Waals surface area contributed by atoms with Gasteiger partial charge in [0.1, 0.15) is 0 Å². The molecule has 0 rings (SSSR count). The molecule has 3 nitrogen and oxygen atoms in total. The van der Waals surface area contributed by atoms with Gasteiger partial charge in [0, 0.05) is 6.54 Å². The van der Waals surface area contributed by atoms with Crippen molar-refractivity contribution in [3.05, 3.63) is 0 Å². The minimum atomic E-state index is -0.364. The number of hydrogen-bond donors (Lipinski definition) is 0. The Morgan fingerprint density at radius 2 is 2.30 bits per heavy atom. The Labute approximate surface area is 65.9 Å². The Morgan fingerprint density at radius 3 is 2.60 bits per heavy atom. The molecule has 0 saturated heterocycles. The minimum absolute atomic E-state index is 0.195. The van der Waals surface area contributed by atoms with Crippen molar-refractivity contribution in [1.82, 2.24) is 4.90 Å². The van der Waals surface area contributed by atoms with Crippen molar-refractivity contribution in [2.75, 3.05) is 19.7 Å². The molecule has 0 aliphatic heterocycles. The predicted molar refractivity (Wildman–Crippen MR) is 40.1 cm³/mol. The Morgan fingerprint density at radius 1 is 1.70 bits per heavy atom. The molecule has 0 aromatic carbocycles. The number of hydrogen-bond acceptors (Lipinski definition) is 2. The van der Waals surface area contributed by atoms with Gasteiger partial charge < -0.3 is 4.74 Å². The monoisotopic (exact) mass is 165 g/mol. The van der Waals surface area contributed by atoms with E-state index in [1.807, 2.05) is 6.92 Å². The minimum Gasteiger partial charge on any atom is -0.453 e. The number of rotatable bonds is 3. The van der Waals surface area contributed by atoms with Crippen LogP contribution in [0.4, 0.5) is 4.79 Å². The van der Waals surface area contributed by atoms with Crippen molar-refractivity contribution < 1.29 is 9.53 Å². The van der Waals surface area contributed by atoms with Gasteiger partial charge >= 0.3 is 6.09 Å². The molecule has 0 saturated carbocycles. The summed E-state index contributed by atoms with van der Waals surface area (Å²) in [4.78, 5) is 12.2. The van der Waals surface area contributed by atoms with Gasteiger partial charge in [-0.3, -0.25) is 4.90 Å². The summed E-state index contributed by atoms with van der Waals surface area (Å²) >= 11 is 5.45. The second-order valence-corrected chi connectivity index (χ2v) is 2.09. The average molecular weight is 166 g/mol. The van der Waals surface area contributed by atoms with E-state index in [2.05, 4.69) is 4.74 Å². The maximum Gasteiger partial charge on any atom is 0.410 e. The number of carbonyl (C=O) groups excluding carboxylic acids is 1. The zero-order chi connectivity index (χ0) is 7.98. The van der Waals surface area contributed by atoms with Gasteiger partial charge in [-0.15, -0.1) is 11.6 Å². The van der Waals surface area contributed by atoms with Gasteiger partial charge in [0.2, 0.25) is 0 Å². The number of nitrogens with zero attached hydrogens (tertiary/aromatic N) is 1. The third-order valence-electron chi connectivity index (χ3n) is 1.07. The number of halogens is 1. The van der Waals surface area contributed by atoms with Crippen molar-refractivity contribution in [3.8, 4) is 0 Å². The number of amides is 1. The molecule has 60 valence electrons. The summed E-state index contributed by atoms with van der Waals surface area (Å²) in [7, 11) is 1.34. The zero-order valence-electron chi connectivity index (χ0n) is 6.26. The summed E-state index contributed by atoms with van der Waals surface area (Å²) in [5.41, 5.74) is 0. The molecule has 0 bridgehead atoms. The molecule has 0 aromatic heterocycles. The molecule has 4 heteroatoms. The third kappa shape index (κ3) is 2.92. The Kier molecular flexibility index (Phi) is 5.12. The molecule has 0 aromatic rings. The lowest BCUT2D eigenvalue weighted by atomic mass is 10.5. The van der Waals surface area contributed by atoms with Crippen LogP contribution in [0.15, 0.2) is 0 Å². The van der Waals surface area contributed by atoms with Crippen LogP contribution in [0.2, 0.25) is 0 Å². The second-order valence-electron chi connectivity index (χ2n) is 1.85. The van der Waals surface area contributed by atoms with Crippen molar-refractivity contribution in [2.24, 2.45) is 0 Å². The van der Waals surface area contributed by atoms with Crippen molar-refractivity contribution in [2.45, 2.75) is 13.3 Å². The number of ether oxygens (including phenoxy) is 1. The number of carbonyl (C=O) groups is 1. The first-order chi connectivity index (χ1) is 4.76. The summed E-state index contributed by atoms with van der Waals surface area (Å²) < 4.78 is 4.46. The molecule has 0 heterocycles. The predicted octanol–water partition coefficient (Wildman–Crippen LogP) is 1.66. The molecule has 1 amide bonds. The van der Waals surface area contributed by atoms with Crippen LogP contribution in [0, 0.1) is 0 Å². The SMILES string of the molecule is CCCN(CCl)C(=O)OC. The van der Waals surface area contributed by atoms with Crippen LogP contribution < -0.4 is 0 Å². The highest BCUT2D eigenvalue weighted by molar-refractivity contribution is 6.18. The smallest absolute Gasteiger partial charge is 0.410 e. The molecular weight excluding hydrogens is 154 g/mol. The number of alkyl halides is 1. The molecule has 0 spiro atoms.